The standard InChI is InChI=1S/C18H23N/c1-3-7-15(8-4-1)16-11-13-18(14-12-16)19-17-9-5-2-6-10-17/h1,3,7,9,11,13-14,16,19H,2,4-6,8,10,12H2. The van der Waals surface area contributed by atoms with Gasteiger partial charge in [-0.15, -0.1) is 0 Å². The van der Waals surface area contributed by atoms with Crippen LogP contribution in [0.1, 0.15) is 44.9 Å². The van der Waals surface area contributed by atoms with Gasteiger partial charge in [0.25, 0.3) is 0 Å². The van der Waals surface area contributed by atoms with Crippen molar-refractivity contribution >= 4 is 0 Å². The lowest BCUT2D eigenvalue weighted by molar-refractivity contribution is 0.661. The third-order valence-electron chi connectivity index (χ3n) is 4.22. The third kappa shape index (κ3) is 3.28. The zero-order valence-corrected chi connectivity index (χ0v) is 11.6. The Hall–Kier alpha value is -1.50. The minimum atomic E-state index is 0.621. The molecule has 0 aromatic rings. The van der Waals surface area contributed by atoms with E-state index < -0.39 is 0 Å². The van der Waals surface area contributed by atoms with E-state index in [0.29, 0.717) is 5.92 Å². The van der Waals surface area contributed by atoms with Crippen LogP contribution in [0.25, 0.3) is 0 Å². The van der Waals surface area contributed by atoms with E-state index in [1.165, 1.54) is 49.9 Å². The predicted molar refractivity (Wildman–Crippen MR) is 81.5 cm³/mol. The number of nitrogens with one attached hydrogen (secondary N) is 1. The summed E-state index contributed by atoms with van der Waals surface area (Å²) in [5, 5.41) is 3.58. The van der Waals surface area contributed by atoms with Gasteiger partial charge in [-0.1, -0.05) is 42.0 Å². The molecule has 0 spiro atoms. The van der Waals surface area contributed by atoms with Crippen LogP contribution in [0.15, 0.2) is 59.5 Å². The van der Waals surface area contributed by atoms with Gasteiger partial charge in [-0.3, -0.25) is 0 Å². The van der Waals surface area contributed by atoms with Crippen molar-refractivity contribution in [2.24, 2.45) is 5.92 Å². The first-order valence-electron chi connectivity index (χ1n) is 7.62. The Morgan fingerprint density at radius 3 is 2.74 bits per heavy atom. The Labute approximate surface area is 116 Å². The van der Waals surface area contributed by atoms with Gasteiger partial charge in [0.05, 0.1) is 0 Å². The molecule has 0 amide bonds. The monoisotopic (exact) mass is 253 g/mol. The van der Waals surface area contributed by atoms with E-state index in [2.05, 4.69) is 47.8 Å². The first-order chi connectivity index (χ1) is 9.42. The van der Waals surface area contributed by atoms with Crippen molar-refractivity contribution in [2.75, 3.05) is 0 Å². The van der Waals surface area contributed by atoms with E-state index in [0.717, 1.165) is 6.42 Å². The lowest BCUT2D eigenvalue weighted by atomic mass is 9.87. The van der Waals surface area contributed by atoms with E-state index in [1.54, 1.807) is 5.57 Å². The van der Waals surface area contributed by atoms with Crippen LogP contribution in [0.2, 0.25) is 0 Å². The SMILES string of the molecule is C1=CCCC(C2C=CC(NC3=CCCCC3)=CC2)=C1. The summed E-state index contributed by atoms with van der Waals surface area (Å²) < 4.78 is 0. The molecule has 1 nitrogen and oxygen atoms in total. The molecule has 3 aliphatic carbocycles. The summed E-state index contributed by atoms with van der Waals surface area (Å²) in [7, 11) is 0. The first-order valence-corrected chi connectivity index (χ1v) is 7.62. The van der Waals surface area contributed by atoms with Crippen molar-refractivity contribution in [3.05, 3.63) is 59.5 Å². The molecule has 0 fully saturated rings. The fourth-order valence-electron chi connectivity index (χ4n) is 3.06. The minimum absolute atomic E-state index is 0.621. The first kappa shape index (κ1) is 12.5. The summed E-state index contributed by atoms with van der Waals surface area (Å²) in [6.07, 6.45) is 24.8. The molecule has 0 saturated heterocycles. The van der Waals surface area contributed by atoms with Crippen molar-refractivity contribution in [3.63, 3.8) is 0 Å². The van der Waals surface area contributed by atoms with Crippen LogP contribution in [-0.2, 0) is 0 Å². The average molecular weight is 253 g/mol. The molecular formula is C18H23N. The van der Waals surface area contributed by atoms with Crippen LogP contribution in [0.5, 0.6) is 0 Å². The van der Waals surface area contributed by atoms with Crippen LogP contribution in [0.4, 0.5) is 0 Å². The smallest absolute Gasteiger partial charge is 0.0338 e. The minimum Gasteiger partial charge on any atom is -0.359 e. The van der Waals surface area contributed by atoms with Gasteiger partial charge in [0, 0.05) is 17.3 Å². The molecule has 0 aliphatic heterocycles. The molecule has 0 aromatic carbocycles. The molecule has 0 aromatic heterocycles. The van der Waals surface area contributed by atoms with Crippen molar-refractivity contribution in [1.29, 1.82) is 0 Å². The Morgan fingerprint density at radius 1 is 1.05 bits per heavy atom. The zero-order chi connectivity index (χ0) is 12.9. The number of allylic oxidation sites excluding steroid dienone is 9. The molecule has 0 bridgehead atoms. The molecule has 3 rings (SSSR count). The highest BCUT2D eigenvalue weighted by Gasteiger charge is 2.14. The highest BCUT2D eigenvalue weighted by Crippen LogP contribution is 2.28. The van der Waals surface area contributed by atoms with Gasteiger partial charge in [0.1, 0.15) is 0 Å². The maximum Gasteiger partial charge on any atom is 0.0338 e. The normalized spacial score (nSPS) is 26.5. The highest BCUT2D eigenvalue weighted by molar-refractivity contribution is 5.32. The van der Waals surface area contributed by atoms with Crippen molar-refractivity contribution < 1.29 is 0 Å². The Kier molecular flexibility index (Phi) is 4.02. The van der Waals surface area contributed by atoms with E-state index in [9.17, 15) is 0 Å². The average Bonchev–Trinajstić information content (AvgIpc) is 2.50. The molecular weight excluding hydrogens is 230 g/mol. The van der Waals surface area contributed by atoms with E-state index >= 15 is 0 Å². The van der Waals surface area contributed by atoms with Gasteiger partial charge in [-0.2, -0.15) is 0 Å². The van der Waals surface area contributed by atoms with Gasteiger partial charge in [0.15, 0.2) is 0 Å². The second kappa shape index (κ2) is 6.10. The molecule has 0 heterocycles. The molecule has 100 valence electrons. The van der Waals surface area contributed by atoms with Crippen LogP contribution in [0, 0.1) is 5.92 Å². The van der Waals surface area contributed by atoms with Gasteiger partial charge < -0.3 is 5.32 Å². The quantitative estimate of drug-likeness (QED) is 0.764. The van der Waals surface area contributed by atoms with E-state index in [-0.39, 0.29) is 0 Å². The van der Waals surface area contributed by atoms with Crippen LogP contribution in [-0.4, -0.2) is 0 Å². The van der Waals surface area contributed by atoms with Crippen molar-refractivity contribution in [3.8, 4) is 0 Å². The molecule has 1 unspecified atom stereocenters. The highest BCUT2D eigenvalue weighted by atomic mass is 14.9. The predicted octanol–water partition coefficient (Wildman–Crippen LogP) is 4.77. The third-order valence-corrected chi connectivity index (χ3v) is 4.22. The van der Waals surface area contributed by atoms with Crippen LogP contribution in [0.3, 0.4) is 0 Å². The Morgan fingerprint density at radius 2 is 2.05 bits per heavy atom. The molecule has 1 atom stereocenters. The van der Waals surface area contributed by atoms with Crippen molar-refractivity contribution in [2.45, 2.75) is 44.9 Å². The molecule has 0 saturated carbocycles. The van der Waals surface area contributed by atoms with Crippen molar-refractivity contribution in [1.82, 2.24) is 5.32 Å². The van der Waals surface area contributed by atoms with Gasteiger partial charge in [0.2, 0.25) is 0 Å². The summed E-state index contributed by atoms with van der Waals surface area (Å²) in [4.78, 5) is 0. The lowest BCUT2D eigenvalue weighted by Gasteiger charge is -2.22. The summed E-state index contributed by atoms with van der Waals surface area (Å²) in [5.41, 5.74) is 4.29. The number of rotatable bonds is 3. The molecule has 0 radical (unpaired) electrons. The molecule has 1 heteroatoms. The summed E-state index contributed by atoms with van der Waals surface area (Å²) in [5.74, 6) is 0.621. The topological polar surface area (TPSA) is 12.0 Å². The summed E-state index contributed by atoms with van der Waals surface area (Å²) in [6.45, 7) is 0. The molecule has 3 aliphatic rings. The summed E-state index contributed by atoms with van der Waals surface area (Å²) in [6, 6.07) is 0. The van der Waals surface area contributed by atoms with Crippen LogP contribution < -0.4 is 5.32 Å². The second-order valence-corrected chi connectivity index (χ2v) is 5.67. The largest absolute Gasteiger partial charge is 0.359 e. The Balaban J connectivity index is 1.58. The van der Waals surface area contributed by atoms with E-state index in [1.807, 2.05) is 0 Å². The number of hydrogen-bond donors (Lipinski definition) is 1. The zero-order valence-electron chi connectivity index (χ0n) is 11.6. The maximum absolute atomic E-state index is 3.58. The van der Waals surface area contributed by atoms with Gasteiger partial charge in [-0.25, -0.2) is 0 Å². The fraction of sp³-hybridized carbons (Fsp3) is 0.444. The number of hydrogen-bond acceptors (Lipinski definition) is 1. The maximum atomic E-state index is 3.58. The van der Waals surface area contributed by atoms with Crippen LogP contribution >= 0.6 is 0 Å². The second-order valence-electron chi connectivity index (χ2n) is 5.67. The molecule has 19 heavy (non-hydrogen) atoms. The fourth-order valence-corrected chi connectivity index (χ4v) is 3.06. The van der Waals surface area contributed by atoms with E-state index in [4.69, 9.17) is 0 Å². The Bertz CT molecular complexity index is 474. The summed E-state index contributed by atoms with van der Waals surface area (Å²) >= 11 is 0. The molecule has 1 N–H and O–H groups in total. The van der Waals surface area contributed by atoms with Gasteiger partial charge in [-0.05, 0) is 51.0 Å². The van der Waals surface area contributed by atoms with Gasteiger partial charge >= 0.3 is 0 Å². The lowest BCUT2D eigenvalue weighted by Crippen LogP contribution is -2.16.